The monoisotopic (exact) mass is 512 g/mol. The minimum Gasteiger partial charge on any atom is -0.300 e. The number of aryl methyl sites for hydroxylation is 2. The van der Waals surface area contributed by atoms with Gasteiger partial charge in [-0.05, 0) is 74.5 Å². The normalized spacial score (nSPS) is 16.3. The number of Topliss-reactive ketones (excluding diaryl/α,β-unsaturated/α-hetero) is 4. The van der Waals surface area contributed by atoms with Crippen LogP contribution in [0.2, 0.25) is 0 Å². The third kappa shape index (κ3) is 10.7. The first-order valence-electron chi connectivity index (χ1n) is 14.8. The van der Waals surface area contributed by atoms with Gasteiger partial charge in [-0.1, -0.05) is 72.4 Å². The molecular formula is C33H52O4. The van der Waals surface area contributed by atoms with Gasteiger partial charge >= 0.3 is 0 Å². The van der Waals surface area contributed by atoms with Crippen LogP contribution in [0.25, 0.3) is 0 Å². The van der Waals surface area contributed by atoms with Crippen LogP contribution in [0.1, 0.15) is 139 Å². The standard InChI is InChI=1S/C30H44O4.C3H8/c1-6-9-11-25(32)15-14-23-13-12-20(4)30-27(23)18-22(19-29(30)34)17-24(10-7-2)26(8-3)28(33)16-21(5)31;1-3-2/h12-13,22,24,26H,6-11,14-19H2,1-5H3;3H2,1-2H3. The Morgan fingerprint density at radius 2 is 1.65 bits per heavy atom. The van der Waals surface area contributed by atoms with Crippen molar-refractivity contribution >= 4 is 23.1 Å². The molecule has 0 spiro atoms. The molecule has 37 heavy (non-hydrogen) atoms. The molecule has 0 N–H and O–H groups in total. The van der Waals surface area contributed by atoms with Gasteiger partial charge in [-0.15, -0.1) is 0 Å². The minimum atomic E-state index is -0.117. The van der Waals surface area contributed by atoms with Crippen LogP contribution in [0, 0.1) is 24.7 Å². The van der Waals surface area contributed by atoms with E-state index in [0.717, 1.165) is 67.2 Å². The molecule has 0 fully saturated rings. The van der Waals surface area contributed by atoms with Gasteiger partial charge in [0.15, 0.2) is 5.78 Å². The predicted octanol–water partition coefficient (Wildman–Crippen LogP) is 8.23. The molecule has 0 bridgehead atoms. The topological polar surface area (TPSA) is 68.3 Å². The van der Waals surface area contributed by atoms with E-state index >= 15 is 0 Å². The summed E-state index contributed by atoms with van der Waals surface area (Å²) in [4.78, 5) is 49.9. The highest BCUT2D eigenvalue weighted by Crippen LogP contribution is 2.37. The fourth-order valence-electron chi connectivity index (χ4n) is 5.81. The van der Waals surface area contributed by atoms with Gasteiger partial charge in [-0.25, -0.2) is 0 Å². The summed E-state index contributed by atoms with van der Waals surface area (Å²) in [5.74, 6) is 0.756. The number of hydrogen-bond acceptors (Lipinski definition) is 4. The van der Waals surface area contributed by atoms with Crippen LogP contribution in [0.3, 0.4) is 0 Å². The number of hydrogen-bond donors (Lipinski definition) is 0. The first-order valence-corrected chi connectivity index (χ1v) is 14.8. The van der Waals surface area contributed by atoms with Gasteiger partial charge in [-0.2, -0.15) is 0 Å². The Balaban J connectivity index is 0.00000217. The lowest BCUT2D eigenvalue weighted by Gasteiger charge is -2.32. The molecule has 0 radical (unpaired) electrons. The third-order valence-electron chi connectivity index (χ3n) is 7.49. The molecular weight excluding hydrogens is 460 g/mol. The van der Waals surface area contributed by atoms with E-state index in [0.29, 0.717) is 31.5 Å². The van der Waals surface area contributed by atoms with Gasteiger partial charge in [0.25, 0.3) is 0 Å². The van der Waals surface area contributed by atoms with E-state index in [-0.39, 0.29) is 41.5 Å². The van der Waals surface area contributed by atoms with Crippen LogP contribution >= 0.6 is 0 Å². The summed E-state index contributed by atoms with van der Waals surface area (Å²) in [5.41, 5.74) is 4.15. The van der Waals surface area contributed by atoms with Crippen LogP contribution in [-0.2, 0) is 27.2 Å². The Hall–Kier alpha value is -2.10. The number of unbranched alkanes of at least 4 members (excludes halogenated alkanes) is 1. The summed E-state index contributed by atoms with van der Waals surface area (Å²) < 4.78 is 0. The zero-order chi connectivity index (χ0) is 28.0. The fourth-order valence-corrected chi connectivity index (χ4v) is 5.81. The molecule has 3 atom stereocenters. The highest BCUT2D eigenvalue weighted by atomic mass is 16.1. The van der Waals surface area contributed by atoms with Gasteiger partial charge in [-0.3, -0.25) is 19.2 Å². The van der Waals surface area contributed by atoms with Crippen molar-refractivity contribution in [1.29, 1.82) is 0 Å². The van der Waals surface area contributed by atoms with Crippen LogP contribution in [0.4, 0.5) is 0 Å². The van der Waals surface area contributed by atoms with Gasteiger partial charge in [0.1, 0.15) is 17.3 Å². The zero-order valence-electron chi connectivity index (χ0n) is 24.7. The lowest BCUT2D eigenvalue weighted by atomic mass is 9.71. The van der Waals surface area contributed by atoms with Gasteiger partial charge in [0.2, 0.25) is 0 Å². The maximum Gasteiger partial charge on any atom is 0.163 e. The summed E-state index contributed by atoms with van der Waals surface area (Å²) in [6, 6.07) is 4.13. The number of benzene rings is 1. The lowest BCUT2D eigenvalue weighted by Crippen LogP contribution is -2.30. The Morgan fingerprint density at radius 1 is 0.973 bits per heavy atom. The Kier molecular flexibility index (Phi) is 15.5. The quantitative estimate of drug-likeness (QED) is 0.222. The number of carbonyl (C=O) groups is 4. The SMILES string of the molecule is CCC.CCCCC(=O)CCc1ccc(C)c2c1CC(CC(CCC)C(CC)C(=O)CC(C)=O)CC2=O. The highest BCUT2D eigenvalue weighted by molar-refractivity contribution is 6.00. The molecule has 1 aromatic rings. The molecule has 0 amide bonds. The van der Waals surface area contributed by atoms with Crippen LogP contribution in [0.15, 0.2) is 12.1 Å². The second kappa shape index (κ2) is 17.4. The summed E-state index contributed by atoms with van der Waals surface area (Å²) in [6.45, 7) is 14.0. The minimum absolute atomic E-state index is 0.0144. The highest BCUT2D eigenvalue weighted by Gasteiger charge is 2.33. The van der Waals surface area contributed by atoms with Crippen molar-refractivity contribution in [3.8, 4) is 0 Å². The average Bonchev–Trinajstić information content (AvgIpc) is 2.82. The third-order valence-corrected chi connectivity index (χ3v) is 7.49. The number of carbonyl (C=O) groups excluding carboxylic acids is 4. The molecule has 3 unspecified atom stereocenters. The smallest absolute Gasteiger partial charge is 0.163 e. The van der Waals surface area contributed by atoms with E-state index in [1.54, 1.807) is 0 Å². The molecule has 0 saturated carbocycles. The van der Waals surface area contributed by atoms with E-state index in [1.807, 2.05) is 19.9 Å². The maximum absolute atomic E-state index is 13.2. The van der Waals surface area contributed by atoms with Crippen molar-refractivity contribution in [2.75, 3.05) is 0 Å². The van der Waals surface area contributed by atoms with Crippen molar-refractivity contribution in [2.24, 2.45) is 17.8 Å². The number of rotatable bonds is 15. The maximum atomic E-state index is 13.2. The lowest BCUT2D eigenvalue weighted by molar-refractivity contribution is -0.130. The molecule has 1 aromatic carbocycles. The number of ketones is 4. The first kappa shape index (κ1) is 32.9. The molecule has 4 nitrogen and oxygen atoms in total. The van der Waals surface area contributed by atoms with Crippen LogP contribution in [0.5, 0.6) is 0 Å². The van der Waals surface area contributed by atoms with E-state index in [2.05, 4.69) is 33.8 Å². The van der Waals surface area contributed by atoms with Crippen molar-refractivity contribution in [1.82, 2.24) is 0 Å². The van der Waals surface area contributed by atoms with Gasteiger partial charge < -0.3 is 0 Å². The Morgan fingerprint density at radius 3 is 2.22 bits per heavy atom. The number of fused-ring (bicyclic) bond motifs is 1. The molecule has 208 valence electrons. The molecule has 0 aliphatic heterocycles. The molecule has 0 heterocycles. The Bertz CT molecular complexity index is 898. The molecule has 0 saturated heterocycles. The van der Waals surface area contributed by atoms with Crippen molar-refractivity contribution in [3.05, 3.63) is 34.4 Å². The molecule has 1 aliphatic rings. The second-order valence-electron chi connectivity index (χ2n) is 11.1. The van der Waals surface area contributed by atoms with E-state index in [4.69, 9.17) is 0 Å². The molecule has 1 aliphatic carbocycles. The molecule has 2 rings (SSSR count). The summed E-state index contributed by atoms with van der Waals surface area (Å²) >= 11 is 0. The van der Waals surface area contributed by atoms with Gasteiger partial charge in [0.05, 0.1) is 6.42 Å². The zero-order valence-corrected chi connectivity index (χ0v) is 24.7. The first-order chi connectivity index (χ1) is 17.6. The van der Waals surface area contributed by atoms with E-state index in [9.17, 15) is 19.2 Å². The summed E-state index contributed by atoms with van der Waals surface area (Å²) in [6.07, 6.45) is 9.92. The van der Waals surface area contributed by atoms with E-state index in [1.165, 1.54) is 13.3 Å². The van der Waals surface area contributed by atoms with Crippen LogP contribution in [-0.4, -0.2) is 23.1 Å². The average molecular weight is 513 g/mol. The summed E-state index contributed by atoms with van der Waals surface area (Å²) in [5, 5.41) is 0. The van der Waals surface area contributed by atoms with Crippen LogP contribution < -0.4 is 0 Å². The second-order valence-corrected chi connectivity index (χ2v) is 11.1. The van der Waals surface area contributed by atoms with Crippen molar-refractivity contribution in [2.45, 2.75) is 132 Å². The van der Waals surface area contributed by atoms with Crippen molar-refractivity contribution in [3.63, 3.8) is 0 Å². The fraction of sp³-hybridized carbons (Fsp3) is 0.697. The van der Waals surface area contributed by atoms with Crippen molar-refractivity contribution < 1.29 is 19.2 Å². The van der Waals surface area contributed by atoms with E-state index < -0.39 is 0 Å². The molecule has 0 aromatic heterocycles. The molecule has 4 heteroatoms. The largest absolute Gasteiger partial charge is 0.300 e. The summed E-state index contributed by atoms with van der Waals surface area (Å²) in [7, 11) is 0. The predicted molar refractivity (Wildman–Crippen MR) is 153 cm³/mol. The Labute approximate surface area is 226 Å². The van der Waals surface area contributed by atoms with Gasteiger partial charge in [0, 0.05) is 30.7 Å².